The second-order valence-electron chi connectivity index (χ2n) is 32.8. The fourth-order valence-electron chi connectivity index (χ4n) is 18.9. The SMILES string of the molecule is [C-]#[N+]c1ccc(-n2c3ccccc3c3cc(-c4ccc(N(c5ccc(-c6cccc(-c7ccccc7)c6)cc5)c5ccc(-c6cccc7c6oc6ccccc67)cc5)cc4)ccc32)cc1.[C-]#[N+]c1ccc(-n2c3ccccc3c3cc(-c4ccc(N(c5ccc(-c6cccc(-c7ccccc7)c6)cc5)c5ccc(-c6cccc7c6sc6ccccc67)cc5)cc4)ccc32)cc1. The number of hydrogen-bond donors (Lipinski definition) is 0. The highest BCUT2D eigenvalue weighted by Crippen LogP contribution is 2.47. The Labute approximate surface area is 756 Å². The zero-order chi connectivity index (χ0) is 86.5. The lowest BCUT2D eigenvalue weighted by Gasteiger charge is -2.26. The molecule has 24 aromatic rings. The number of para-hydroxylation sites is 4. The molecule has 608 valence electrons. The van der Waals surface area contributed by atoms with E-state index in [-0.39, 0.29) is 0 Å². The molecule has 4 heterocycles. The first-order valence-corrected chi connectivity index (χ1v) is 44.5. The maximum Gasteiger partial charge on any atom is 0.187 e. The lowest BCUT2D eigenvalue weighted by Crippen LogP contribution is -2.09. The van der Waals surface area contributed by atoms with Crippen molar-refractivity contribution >= 4 is 143 Å². The number of benzene rings is 20. The molecule has 0 atom stereocenters. The van der Waals surface area contributed by atoms with Crippen molar-refractivity contribution in [2.75, 3.05) is 9.80 Å². The maximum absolute atomic E-state index is 7.44. The Bertz CT molecular complexity index is 7990. The average molecular weight is 1680 g/mol. The number of nitrogens with zero attached hydrogens (tertiary/aromatic N) is 6. The van der Waals surface area contributed by atoms with Crippen molar-refractivity contribution in [1.29, 1.82) is 0 Å². The van der Waals surface area contributed by atoms with Gasteiger partial charge in [0.2, 0.25) is 0 Å². The number of anilines is 6. The van der Waals surface area contributed by atoms with Crippen molar-refractivity contribution in [3.8, 4) is 100 Å². The molecule has 0 bridgehead atoms. The molecule has 24 rings (SSSR count). The predicted octanol–water partition coefficient (Wildman–Crippen LogP) is 35.2. The summed E-state index contributed by atoms with van der Waals surface area (Å²) in [6.07, 6.45) is 0. The van der Waals surface area contributed by atoms with Crippen molar-refractivity contribution in [3.63, 3.8) is 0 Å². The Hall–Kier alpha value is -17.4. The summed E-state index contributed by atoms with van der Waals surface area (Å²) in [6, 6.07) is 169. The molecule has 0 radical (unpaired) electrons. The minimum absolute atomic E-state index is 0.634. The molecule has 0 saturated heterocycles. The van der Waals surface area contributed by atoms with Gasteiger partial charge >= 0.3 is 0 Å². The van der Waals surface area contributed by atoms with Gasteiger partial charge in [0.1, 0.15) is 11.2 Å². The van der Waals surface area contributed by atoms with Gasteiger partial charge < -0.3 is 23.4 Å². The summed E-state index contributed by atoms with van der Waals surface area (Å²) in [6.45, 7) is 14.9. The van der Waals surface area contributed by atoms with Crippen molar-refractivity contribution in [3.05, 3.63) is 496 Å². The molecule has 8 heteroatoms. The Balaban J connectivity index is 0.000000148. The minimum Gasteiger partial charge on any atom is -0.455 e. The number of aromatic nitrogens is 2. The molecule has 0 fully saturated rings. The first kappa shape index (κ1) is 77.4. The Morgan fingerprint density at radius 3 is 0.954 bits per heavy atom. The molecule has 130 heavy (non-hydrogen) atoms. The highest BCUT2D eigenvalue weighted by molar-refractivity contribution is 7.26. The highest BCUT2D eigenvalue weighted by Gasteiger charge is 2.23. The van der Waals surface area contributed by atoms with Crippen LogP contribution in [0, 0.1) is 13.1 Å². The third-order valence-electron chi connectivity index (χ3n) is 25.3. The van der Waals surface area contributed by atoms with Crippen LogP contribution in [-0.2, 0) is 0 Å². The predicted molar refractivity (Wildman–Crippen MR) is 547 cm³/mol. The molecular formula is C122H78N6OS. The van der Waals surface area contributed by atoms with E-state index in [0.717, 1.165) is 128 Å². The summed E-state index contributed by atoms with van der Waals surface area (Å²) >= 11 is 1.87. The van der Waals surface area contributed by atoms with E-state index >= 15 is 0 Å². The van der Waals surface area contributed by atoms with E-state index in [1.807, 2.05) is 72.0 Å². The van der Waals surface area contributed by atoms with Gasteiger partial charge in [0.05, 0.1) is 35.2 Å². The Kier molecular flexibility index (Phi) is 19.8. The number of furan rings is 1. The van der Waals surface area contributed by atoms with Crippen LogP contribution in [0.4, 0.5) is 45.5 Å². The second kappa shape index (κ2) is 33.3. The van der Waals surface area contributed by atoms with Crippen LogP contribution >= 0.6 is 11.3 Å². The summed E-state index contributed by atoms with van der Waals surface area (Å²) in [7, 11) is 0. The van der Waals surface area contributed by atoms with E-state index in [9.17, 15) is 0 Å². The van der Waals surface area contributed by atoms with Gasteiger partial charge in [-0.15, -0.1) is 11.3 Å². The summed E-state index contributed by atoms with van der Waals surface area (Å²) in [5.74, 6) is 0. The molecule has 0 aliphatic heterocycles. The van der Waals surface area contributed by atoms with E-state index in [1.165, 1.54) is 91.8 Å². The Morgan fingerprint density at radius 1 is 0.215 bits per heavy atom. The van der Waals surface area contributed by atoms with Crippen LogP contribution in [0.15, 0.2) is 478 Å². The third kappa shape index (κ3) is 14.3. The number of hydrogen-bond acceptors (Lipinski definition) is 4. The molecule has 0 aliphatic rings. The summed E-state index contributed by atoms with van der Waals surface area (Å²) in [5.41, 5.74) is 34.8. The summed E-state index contributed by atoms with van der Waals surface area (Å²) in [5, 5.41) is 9.63. The van der Waals surface area contributed by atoms with Crippen LogP contribution in [0.3, 0.4) is 0 Å². The van der Waals surface area contributed by atoms with Crippen molar-refractivity contribution in [2.45, 2.75) is 0 Å². The van der Waals surface area contributed by atoms with Crippen molar-refractivity contribution in [2.24, 2.45) is 0 Å². The van der Waals surface area contributed by atoms with Crippen LogP contribution in [0.1, 0.15) is 0 Å². The fraction of sp³-hybridized carbons (Fsp3) is 0. The maximum atomic E-state index is 7.44. The van der Waals surface area contributed by atoms with Crippen molar-refractivity contribution in [1.82, 2.24) is 9.13 Å². The van der Waals surface area contributed by atoms with Crippen LogP contribution in [0.2, 0.25) is 0 Å². The van der Waals surface area contributed by atoms with Crippen LogP contribution < -0.4 is 9.80 Å². The number of rotatable bonds is 16. The van der Waals surface area contributed by atoms with E-state index in [0.29, 0.717) is 11.4 Å². The Morgan fingerprint density at radius 2 is 0.523 bits per heavy atom. The molecule has 4 aromatic heterocycles. The van der Waals surface area contributed by atoms with Gasteiger partial charge in [-0.25, -0.2) is 9.69 Å². The lowest BCUT2D eigenvalue weighted by atomic mass is 9.98. The minimum atomic E-state index is 0.634. The van der Waals surface area contributed by atoms with Gasteiger partial charge in [-0.1, -0.05) is 315 Å². The molecule has 0 amide bonds. The van der Waals surface area contributed by atoms with E-state index in [1.54, 1.807) is 0 Å². The summed E-state index contributed by atoms with van der Waals surface area (Å²) in [4.78, 5) is 11.9. The smallest absolute Gasteiger partial charge is 0.187 e. The summed E-state index contributed by atoms with van der Waals surface area (Å²) < 4.78 is 13.6. The van der Waals surface area contributed by atoms with Crippen LogP contribution in [-0.4, -0.2) is 9.13 Å². The molecule has 0 unspecified atom stereocenters. The lowest BCUT2D eigenvalue weighted by molar-refractivity contribution is 0.670. The number of thiophene rings is 1. The molecule has 0 N–H and O–H groups in total. The molecule has 0 saturated carbocycles. The van der Waals surface area contributed by atoms with Gasteiger partial charge in [0, 0.05) is 104 Å². The van der Waals surface area contributed by atoms with E-state index in [2.05, 4.69) is 441 Å². The zero-order valence-electron chi connectivity index (χ0n) is 70.5. The molecule has 0 spiro atoms. The van der Waals surface area contributed by atoms with E-state index in [4.69, 9.17) is 17.6 Å². The van der Waals surface area contributed by atoms with Gasteiger partial charge in [0.25, 0.3) is 0 Å². The first-order valence-electron chi connectivity index (χ1n) is 43.7. The van der Waals surface area contributed by atoms with Gasteiger partial charge in [-0.05, 0) is 241 Å². The average Bonchev–Trinajstić information content (AvgIpc) is 1.59. The van der Waals surface area contributed by atoms with Crippen LogP contribution in [0.5, 0.6) is 0 Å². The van der Waals surface area contributed by atoms with Gasteiger partial charge in [-0.3, -0.25) is 0 Å². The standard InChI is InChI=1S/C61H39N3O.C61H39N3S/c2*1-62-48-28-36-52(37-29-48)64-58-19-7-5-15-54(58)57-40-47(27-38-59(57)64)43-23-32-50(33-24-43)63(49-30-21-42(22-31-49)46-14-9-13-45(39-46)41-11-3-2-4-12-41)51-34-25-44(26-35-51)53-17-10-18-56-55-16-6-8-20-60(55)65-61(53)56/h2*2-40H. The third-order valence-corrected chi connectivity index (χ3v) is 26.5. The largest absolute Gasteiger partial charge is 0.455 e. The van der Waals surface area contributed by atoms with Gasteiger partial charge in [-0.2, -0.15) is 0 Å². The topological polar surface area (TPSA) is 38.2 Å². The molecular weight excluding hydrogens is 1600 g/mol. The first-order chi connectivity index (χ1) is 64.3. The normalized spacial score (nSPS) is 11.4. The number of fused-ring (bicyclic) bond motifs is 12. The monoisotopic (exact) mass is 1670 g/mol. The van der Waals surface area contributed by atoms with Gasteiger partial charge in [0.15, 0.2) is 11.4 Å². The molecule has 7 nitrogen and oxygen atoms in total. The molecule has 0 aliphatic carbocycles. The second-order valence-corrected chi connectivity index (χ2v) is 33.9. The van der Waals surface area contributed by atoms with Crippen molar-refractivity contribution < 1.29 is 4.42 Å². The molecule has 20 aromatic carbocycles. The van der Waals surface area contributed by atoms with E-state index < -0.39 is 0 Å². The van der Waals surface area contributed by atoms with Crippen LogP contribution in [0.25, 0.3) is 196 Å². The zero-order valence-corrected chi connectivity index (χ0v) is 71.3. The fourth-order valence-corrected chi connectivity index (χ4v) is 20.1. The quantitative estimate of drug-likeness (QED) is 0.0905. The highest BCUT2D eigenvalue weighted by atomic mass is 32.1.